The molecule has 0 aliphatic rings. The van der Waals surface area contributed by atoms with E-state index in [0.29, 0.717) is 24.1 Å². The predicted octanol–water partition coefficient (Wildman–Crippen LogP) is 4.54. The minimum absolute atomic E-state index is 0.00532. The number of methoxy groups -OCH3 is 1. The predicted molar refractivity (Wildman–Crippen MR) is 126 cm³/mol. The minimum atomic E-state index is -0.00532. The summed E-state index contributed by atoms with van der Waals surface area (Å²) >= 11 is 1.36. The van der Waals surface area contributed by atoms with Crippen LogP contribution in [0.25, 0.3) is 17.1 Å². The van der Waals surface area contributed by atoms with E-state index < -0.39 is 0 Å². The van der Waals surface area contributed by atoms with E-state index in [1.165, 1.54) is 11.8 Å². The number of benzene rings is 2. The van der Waals surface area contributed by atoms with Gasteiger partial charge in [-0.1, -0.05) is 41.6 Å². The number of thioether (sulfide) groups is 1. The minimum Gasteiger partial charge on any atom is -0.497 e. The molecule has 0 radical (unpaired) electrons. The lowest BCUT2D eigenvalue weighted by Gasteiger charge is -2.19. The van der Waals surface area contributed by atoms with E-state index in [0.717, 1.165) is 22.6 Å². The SMILES string of the molecule is C=CCN(CC=C)C(=O)CSc1nnc(-c2ccc(OC)cc2)n1-c1ccc(C)cc1. The van der Waals surface area contributed by atoms with Gasteiger partial charge in [0.25, 0.3) is 0 Å². The molecule has 6 nitrogen and oxygen atoms in total. The topological polar surface area (TPSA) is 60.3 Å². The van der Waals surface area contributed by atoms with Crippen molar-refractivity contribution in [1.29, 1.82) is 0 Å². The second-order valence-corrected chi connectivity index (χ2v) is 7.81. The third-order valence-electron chi connectivity index (χ3n) is 4.65. The van der Waals surface area contributed by atoms with E-state index in [4.69, 9.17) is 4.74 Å². The Morgan fingerprint density at radius 2 is 1.71 bits per heavy atom. The zero-order valence-electron chi connectivity index (χ0n) is 17.8. The highest BCUT2D eigenvalue weighted by Gasteiger charge is 2.19. The maximum atomic E-state index is 12.7. The summed E-state index contributed by atoms with van der Waals surface area (Å²) in [5.74, 6) is 1.72. The van der Waals surface area contributed by atoms with Gasteiger partial charge in [0.1, 0.15) is 5.75 Å². The van der Waals surface area contributed by atoms with Gasteiger partial charge in [0, 0.05) is 24.3 Å². The first-order valence-electron chi connectivity index (χ1n) is 9.86. The summed E-state index contributed by atoms with van der Waals surface area (Å²) in [7, 11) is 1.64. The highest BCUT2D eigenvalue weighted by Crippen LogP contribution is 2.29. The Hall–Kier alpha value is -3.32. The number of amides is 1. The fraction of sp³-hybridized carbons (Fsp3) is 0.208. The van der Waals surface area contributed by atoms with Crippen molar-refractivity contribution in [3.63, 3.8) is 0 Å². The van der Waals surface area contributed by atoms with Gasteiger partial charge in [-0.25, -0.2) is 0 Å². The van der Waals surface area contributed by atoms with Crippen LogP contribution >= 0.6 is 11.8 Å². The molecule has 0 aliphatic heterocycles. The van der Waals surface area contributed by atoms with Gasteiger partial charge in [-0.15, -0.1) is 23.4 Å². The Kier molecular flexibility index (Phi) is 7.67. The first-order valence-corrected chi connectivity index (χ1v) is 10.8. The lowest BCUT2D eigenvalue weighted by Crippen LogP contribution is -2.32. The molecular formula is C24H26N4O2S. The van der Waals surface area contributed by atoms with Crippen molar-refractivity contribution in [2.45, 2.75) is 12.1 Å². The molecular weight excluding hydrogens is 408 g/mol. The van der Waals surface area contributed by atoms with E-state index >= 15 is 0 Å². The van der Waals surface area contributed by atoms with Gasteiger partial charge in [-0.3, -0.25) is 9.36 Å². The summed E-state index contributed by atoms with van der Waals surface area (Å²) in [6.07, 6.45) is 3.42. The number of aryl methyl sites for hydroxylation is 1. The highest BCUT2D eigenvalue weighted by atomic mass is 32.2. The Bertz CT molecular complexity index is 1030. The molecule has 3 rings (SSSR count). The van der Waals surface area contributed by atoms with Crippen LogP contribution in [0.3, 0.4) is 0 Å². The molecule has 2 aromatic carbocycles. The van der Waals surface area contributed by atoms with Crippen LogP contribution in [0.5, 0.6) is 5.75 Å². The molecule has 31 heavy (non-hydrogen) atoms. The molecule has 1 amide bonds. The van der Waals surface area contributed by atoms with Crippen molar-refractivity contribution >= 4 is 17.7 Å². The Morgan fingerprint density at radius 1 is 1.06 bits per heavy atom. The summed E-state index contributed by atoms with van der Waals surface area (Å²) in [6, 6.07) is 15.8. The number of rotatable bonds is 10. The summed E-state index contributed by atoms with van der Waals surface area (Å²) in [6.45, 7) is 10.4. The molecule has 7 heteroatoms. The molecule has 1 heterocycles. The Labute approximate surface area is 187 Å². The van der Waals surface area contributed by atoms with Crippen LogP contribution in [0.15, 0.2) is 79.0 Å². The fourth-order valence-corrected chi connectivity index (χ4v) is 3.88. The van der Waals surface area contributed by atoms with Gasteiger partial charge in [-0.2, -0.15) is 0 Å². The van der Waals surface area contributed by atoms with Gasteiger partial charge in [0.2, 0.25) is 5.91 Å². The Balaban J connectivity index is 1.93. The number of carbonyl (C=O) groups excluding carboxylic acids is 1. The molecule has 0 fully saturated rings. The molecule has 0 atom stereocenters. The molecule has 1 aromatic heterocycles. The van der Waals surface area contributed by atoms with Crippen LogP contribution in [0.4, 0.5) is 0 Å². The average Bonchev–Trinajstić information content (AvgIpc) is 3.22. The Morgan fingerprint density at radius 3 is 2.29 bits per heavy atom. The van der Waals surface area contributed by atoms with Gasteiger partial charge in [0.15, 0.2) is 11.0 Å². The zero-order valence-corrected chi connectivity index (χ0v) is 18.6. The van der Waals surface area contributed by atoms with Gasteiger partial charge in [-0.05, 0) is 43.3 Å². The second kappa shape index (κ2) is 10.6. The van der Waals surface area contributed by atoms with E-state index in [9.17, 15) is 4.79 Å². The fourth-order valence-electron chi connectivity index (χ4n) is 3.02. The summed E-state index contributed by atoms with van der Waals surface area (Å²) in [4.78, 5) is 14.4. The van der Waals surface area contributed by atoms with Gasteiger partial charge in [0.05, 0.1) is 12.9 Å². The number of hydrogen-bond donors (Lipinski definition) is 0. The molecule has 160 valence electrons. The molecule has 0 saturated carbocycles. The third kappa shape index (κ3) is 5.44. The largest absolute Gasteiger partial charge is 0.497 e. The first kappa shape index (κ1) is 22.4. The molecule has 0 unspecified atom stereocenters. The number of nitrogens with zero attached hydrogens (tertiary/aromatic N) is 4. The van der Waals surface area contributed by atoms with Crippen LogP contribution < -0.4 is 4.74 Å². The molecule has 0 spiro atoms. The molecule has 3 aromatic rings. The lowest BCUT2D eigenvalue weighted by atomic mass is 10.2. The summed E-state index contributed by atoms with van der Waals surface area (Å²) < 4.78 is 7.24. The van der Waals surface area contributed by atoms with Gasteiger partial charge < -0.3 is 9.64 Å². The number of aromatic nitrogens is 3. The van der Waals surface area contributed by atoms with E-state index in [1.807, 2.05) is 60.0 Å². The lowest BCUT2D eigenvalue weighted by molar-refractivity contribution is -0.127. The van der Waals surface area contributed by atoms with Crippen molar-refractivity contribution in [2.75, 3.05) is 26.0 Å². The third-order valence-corrected chi connectivity index (χ3v) is 5.56. The molecule has 0 bridgehead atoms. The smallest absolute Gasteiger partial charge is 0.233 e. The quantitative estimate of drug-likeness (QED) is 0.346. The normalized spacial score (nSPS) is 10.5. The van der Waals surface area contributed by atoms with E-state index in [1.54, 1.807) is 24.2 Å². The second-order valence-electron chi connectivity index (χ2n) is 6.87. The first-order chi connectivity index (χ1) is 15.1. The average molecular weight is 435 g/mol. The van der Waals surface area contributed by atoms with Crippen LogP contribution in [0.2, 0.25) is 0 Å². The monoisotopic (exact) mass is 434 g/mol. The number of ether oxygens (including phenoxy) is 1. The molecule has 0 N–H and O–H groups in total. The molecule has 0 saturated heterocycles. The van der Waals surface area contributed by atoms with Crippen molar-refractivity contribution < 1.29 is 9.53 Å². The van der Waals surface area contributed by atoms with Crippen LogP contribution in [0, 0.1) is 6.92 Å². The van der Waals surface area contributed by atoms with Crippen molar-refractivity contribution in [1.82, 2.24) is 19.7 Å². The van der Waals surface area contributed by atoms with Crippen LogP contribution in [-0.2, 0) is 4.79 Å². The maximum Gasteiger partial charge on any atom is 0.233 e. The summed E-state index contributed by atoms with van der Waals surface area (Å²) in [5.41, 5.74) is 3.01. The van der Waals surface area contributed by atoms with Crippen molar-refractivity contribution in [3.05, 3.63) is 79.4 Å². The number of hydrogen-bond acceptors (Lipinski definition) is 5. The van der Waals surface area contributed by atoms with E-state index in [2.05, 4.69) is 23.4 Å². The highest BCUT2D eigenvalue weighted by molar-refractivity contribution is 7.99. The van der Waals surface area contributed by atoms with Crippen LogP contribution in [0.1, 0.15) is 5.56 Å². The number of carbonyl (C=O) groups is 1. The standard InChI is InChI=1S/C24H26N4O2S/c1-5-15-27(16-6-2)22(29)17-31-24-26-25-23(19-9-13-21(30-4)14-10-19)28(24)20-11-7-18(3)8-12-20/h5-14H,1-2,15-17H2,3-4H3. The zero-order chi connectivity index (χ0) is 22.2. The van der Waals surface area contributed by atoms with E-state index in [-0.39, 0.29) is 11.7 Å². The van der Waals surface area contributed by atoms with Crippen molar-refractivity contribution in [2.24, 2.45) is 0 Å². The summed E-state index contributed by atoms with van der Waals surface area (Å²) in [5, 5.41) is 9.47. The van der Waals surface area contributed by atoms with Gasteiger partial charge >= 0.3 is 0 Å². The van der Waals surface area contributed by atoms with Crippen molar-refractivity contribution in [3.8, 4) is 22.8 Å². The maximum absolute atomic E-state index is 12.7. The molecule has 0 aliphatic carbocycles. The van der Waals surface area contributed by atoms with Crippen LogP contribution in [-0.4, -0.2) is 51.5 Å².